The van der Waals surface area contributed by atoms with Crippen molar-refractivity contribution in [2.24, 2.45) is 0 Å². The molecule has 160 valence electrons. The molecular formula is C26H26ClNO2S. The molecule has 1 aliphatic carbocycles. The first kappa shape index (κ1) is 21.8. The minimum atomic E-state index is -0.587. The van der Waals surface area contributed by atoms with Crippen LogP contribution in [0, 0.1) is 0 Å². The van der Waals surface area contributed by atoms with Gasteiger partial charge in [0.15, 0.2) is 6.10 Å². The molecule has 0 unspecified atom stereocenters. The third-order valence-corrected chi connectivity index (χ3v) is 6.85. The number of rotatable bonds is 7. The molecule has 3 nitrogen and oxygen atoms in total. The van der Waals surface area contributed by atoms with Crippen LogP contribution in [-0.4, -0.2) is 12.0 Å². The molecule has 3 aromatic rings. The summed E-state index contributed by atoms with van der Waals surface area (Å²) >= 11 is 7.65. The topological polar surface area (TPSA) is 38.3 Å². The van der Waals surface area contributed by atoms with E-state index in [2.05, 4.69) is 17.4 Å². The molecule has 0 bridgehead atoms. The van der Waals surface area contributed by atoms with Crippen molar-refractivity contribution < 1.29 is 9.53 Å². The molecule has 1 N–H and O–H groups in total. The van der Waals surface area contributed by atoms with Crippen molar-refractivity contribution in [1.82, 2.24) is 0 Å². The van der Waals surface area contributed by atoms with E-state index in [4.69, 9.17) is 16.3 Å². The number of halogens is 1. The van der Waals surface area contributed by atoms with Crippen molar-refractivity contribution in [3.05, 3.63) is 88.4 Å². The van der Waals surface area contributed by atoms with Gasteiger partial charge in [-0.25, -0.2) is 0 Å². The van der Waals surface area contributed by atoms with Crippen LogP contribution in [0.2, 0.25) is 5.02 Å². The number of carbonyl (C=O) groups excluding carboxylic acids is 1. The highest BCUT2D eigenvalue weighted by Gasteiger charge is 2.18. The zero-order valence-corrected chi connectivity index (χ0v) is 19.1. The van der Waals surface area contributed by atoms with E-state index in [0.29, 0.717) is 0 Å². The van der Waals surface area contributed by atoms with Gasteiger partial charge in [-0.3, -0.25) is 4.79 Å². The Hall–Kier alpha value is -2.43. The lowest BCUT2D eigenvalue weighted by atomic mass is 9.92. The summed E-state index contributed by atoms with van der Waals surface area (Å²) in [5.74, 6) is 1.40. The largest absolute Gasteiger partial charge is 0.481 e. The first-order valence-corrected chi connectivity index (χ1v) is 12.0. The van der Waals surface area contributed by atoms with E-state index in [1.54, 1.807) is 18.7 Å². The molecular weight excluding hydrogens is 426 g/mol. The standard InChI is InChI=1S/C26H26ClNO2S/c1-18(30-23-15-12-20-6-2-3-7-21(20)16-23)26(29)28-24-8-4-5-9-25(24)31-17-19-10-13-22(27)14-11-19/h4-5,8-16,18H,2-3,6-7,17H2,1H3,(H,28,29)/t18-/m1/s1. The molecule has 0 saturated carbocycles. The highest BCUT2D eigenvalue weighted by atomic mass is 35.5. The maximum absolute atomic E-state index is 12.8. The van der Waals surface area contributed by atoms with Crippen LogP contribution in [0.5, 0.6) is 5.75 Å². The summed E-state index contributed by atoms with van der Waals surface area (Å²) in [6.45, 7) is 1.79. The van der Waals surface area contributed by atoms with Crippen LogP contribution >= 0.6 is 23.4 Å². The maximum atomic E-state index is 12.8. The number of amides is 1. The van der Waals surface area contributed by atoms with Crippen LogP contribution in [0.4, 0.5) is 5.69 Å². The molecule has 0 radical (unpaired) electrons. The van der Waals surface area contributed by atoms with Gasteiger partial charge in [-0.2, -0.15) is 0 Å². The van der Waals surface area contributed by atoms with Crippen LogP contribution < -0.4 is 10.1 Å². The lowest BCUT2D eigenvalue weighted by molar-refractivity contribution is -0.122. The number of benzene rings is 3. The number of para-hydroxylation sites is 1. The number of anilines is 1. The summed E-state index contributed by atoms with van der Waals surface area (Å²) in [4.78, 5) is 13.8. The number of ether oxygens (including phenoxy) is 1. The summed E-state index contributed by atoms with van der Waals surface area (Å²) < 4.78 is 5.96. The number of thioether (sulfide) groups is 1. The Bertz CT molecular complexity index is 1050. The van der Waals surface area contributed by atoms with Gasteiger partial charge >= 0.3 is 0 Å². The average molecular weight is 452 g/mol. The summed E-state index contributed by atoms with van der Waals surface area (Å²) in [5.41, 5.74) is 4.73. The van der Waals surface area contributed by atoms with Crippen molar-refractivity contribution in [3.8, 4) is 5.75 Å². The molecule has 0 saturated heterocycles. The zero-order valence-electron chi connectivity index (χ0n) is 17.6. The predicted molar refractivity (Wildman–Crippen MR) is 129 cm³/mol. The van der Waals surface area contributed by atoms with Gasteiger partial charge in [-0.15, -0.1) is 11.8 Å². The van der Waals surface area contributed by atoms with Crippen molar-refractivity contribution >= 4 is 35.0 Å². The summed E-state index contributed by atoms with van der Waals surface area (Å²) in [7, 11) is 0. The predicted octanol–water partition coefficient (Wildman–Crippen LogP) is 6.92. The molecule has 5 heteroatoms. The number of carbonyl (C=O) groups is 1. The molecule has 1 aliphatic rings. The Morgan fingerprint density at radius 3 is 2.58 bits per heavy atom. The number of hydrogen-bond acceptors (Lipinski definition) is 3. The quantitative estimate of drug-likeness (QED) is 0.396. The molecule has 0 aromatic heterocycles. The van der Waals surface area contributed by atoms with Gasteiger partial charge < -0.3 is 10.1 Å². The number of nitrogens with one attached hydrogen (secondary N) is 1. The van der Waals surface area contributed by atoms with Gasteiger partial charge in [0, 0.05) is 15.7 Å². The third-order valence-electron chi connectivity index (χ3n) is 5.45. The van der Waals surface area contributed by atoms with E-state index in [1.165, 1.54) is 29.5 Å². The lowest BCUT2D eigenvalue weighted by Gasteiger charge is -2.19. The smallest absolute Gasteiger partial charge is 0.265 e. The van der Waals surface area contributed by atoms with Gasteiger partial charge in [0.25, 0.3) is 5.91 Å². The van der Waals surface area contributed by atoms with Crippen LogP contribution in [0.25, 0.3) is 0 Å². The molecule has 31 heavy (non-hydrogen) atoms. The average Bonchev–Trinajstić information content (AvgIpc) is 2.79. The van der Waals surface area contributed by atoms with E-state index in [-0.39, 0.29) is 5.91 Å². The molecule has 0 heterocycles. The van der Waals surface area contributed by atoms with Gasteiger partial charge in [-0.05, 0) is 85.7 Å². The second-order valence-electron chi connectivity index (χ2n) is 7.80. The zero-order chi connectivity index (χ0) is 21.6. The Labute approximate surface area is 193 Å². The van der Waals surface area contributed by atoms with Crippen molar-refractivity contribution in [2.75, 3.05) is 5.32 Å². The SMILES string of the molecule is C[C@@H](Oc1ccc2c(c1)CCCC2)C(=O)Nc1ccccc1SCc1ccc(Cl)cc1. The van der Waals surface area contributed by atoms with Crippen LogP contribution in [-0.2, 0) is 23.4 Å². The van der Waals surface area contributed by atoms with Gasteiger partial charge in [0.1, 0.15) is 5.75 Å². The lowest BCUT2D eigenvalue weighted by Crippen LogP contribution is -2.30. The number of fused-ring (bicyclic) bond motifs is 1. The molecule has 0 fully saturated rings. The van der Waals surface area contributed by atoms with Gasteiger partial charge in [0.2, 0.25) is 0 Å². The van der Waals surface area contributed by atoms with Crippen molar-refractivity contribution in [3.63, 3.8) is 0 Å². The fourth-order valence-electron chi connectivity index (χ4n) is 3.71. The van der Waals surface area contributed by atoms with E-state index < -0.39 is 6.10 Å². The first-order chi connectivity index (χ1) is 15.1. The van der Waals surface area contributed by atoms with Gasteiger partial charge in [0.05, 0.1) is 5.69 Å². The molecule has 4 rings (SSSR count). The Morgan fingerprint density at radius 1 is 1.03 bits per heavy atom. The van der Waals surface area contributed by atoms with Crippen molar-refractivity contribution in [1.29, 1.82) is 0 Å². The van der Waals surface area contributed by atoms with E-state index in [1.807, 2.05) is 54.6 Å². The highest BCUT2D eigenvalue weighted by Crippen LogP contribution is 2.31. The molecule has 1 atom stereocenters. The van der Waals surface area contributed by atoms with Gasteiger partial charge in [-0.1, -0.05) is 41.9 Å². The highest BCUT2D eigenvalue weighted by molar-refractivity contribution is 7.98. The van der Waals surface area contributed by atoms with Crippen molar-refractivity contribution in [2.45, 2.75) is 49.4 Å². The maximum Gasteiger partial charge on any atom is 0.265 e. The summed E-state index contributed by atoms with van der Waals surface area (Å²) in [6.07, 6.45) is 4.11. The Morgan fingerprint density at radius 2 is 1.77 bits per heavy atom. The molecule has 0 aliphatic heterocycles. The third kappa shape index (κ3) is 5.84. The minimum Gasteiger partial charge on any atom is -0.481 e. The molecule has 1 amide bonds. The van der Waals surface area contributed by atoms with E-state index >= 15 is 0 Å². The fraction of sp³-hybridized carbons (Fsp3) is 0.269. The minimum absolute atomic E-state index is 0.155. The Kier molecular flexibility index (Phi) is 7.21. The summed E-state index contributed by atoms with van der Waals surface area (Å²) in [6, 6.07) is 21.9. The van der Waals surface area contributed by atoms with Crippen LogP contribution in [0.3, 0.4) is 0 Å². The number of aryl methyl sites for hydroxylation is 2. The molecule has 3 aromatic carbocycles. The summed E-state index contributed by atoms with van der Waals surface area (Å²) in [5, 5.41) is 3.76. The second kappa shape index (κ2) is 10.3. The monoisotopic (exact) mass is 451 g/mol. The second-order valence-corrected chi connectivity index (χ2v) is 9.25. The fourth-order valence-corrected chi connectivity index (χ4v) is 4.80. The Balaban J connectivity index is 1.38. The number of hydrogen-bond donors (Lipinski definition) is 1. The van der Waals surface area contributed by atoms with E-state index in [9.17, 15) is 4.79 Å². The van der Waals surface area contributed by atoms with E-state index in [0.717, 1.165) is 39.9 Å². The normalized spacial score (nSPS) is 13.9. The van der Waals surface area contributed by atoms with Crippen LogP contribution in [0.1, 0.15) is 36.5 Å². The van der Waals surface area contributed by atoms with Crippen LogP contribution in [0.15, 0.2) is 71.6 Å². The first-order valence-electron chi connectivity index (χ1n) is 10.6. The molecule has 0 spiro atoms.